The van der Waals surface area contributed by atoms with E-state index in [2.05, 4.69) is 0 Å². The van der Waals surface area contributed by atoms with Crippen LogP contribution in [-0.2, 0) is 4.84 Å². The fourth-order valence-electron chi connectivity index (χ4n) is 1.67. The van der Waals surface area contributed by atoms with Crippen molar-refractivity contribution in [2.45, 2.75) is 12.8 Å². The Bertz CT molecular complexity index is 437. The highest BCUT2D eigenvalue weighted by Crippen LogP contribution is 2.13. The van der Waals surface area contributed by atoms with E-state index in [1.165, 1.54) is 0 Å². The predicted molar refractivity (Wildman–Crippen MR) is 62.2 cm³/mol. The monoisotopic (exact) mass is 238 g/mol. The molecule has 84 valence electrons. The van der Waals surface area contributed by atoms with Crippen molar-refractivity contribution in [2.75, 3.05) is 13.7 Å². The quantitative estimate of drug-likeness (QED) is 0.598. The molecule has 0 fully saturated rings. The third-order valence-electron chi connectivity index (χ3n) is 2.65. The zero-order valence-corrected chi connectivity index (χ0v) is 9.83. The molecule has 2 rings (SSSR count). The molecule has 16 heavy (non-hydrogen) atoms. The summed E-state index contributed by atoms with van der Waals surface area (Å²) in [5.74, 6) is 0.101. The van der Waals surface area contributed by atoms with Crippen LogP contribution in [0.1, 0.15) is 23.2 Å². The maximum Gasteiger partial charge on any atom is 0.215 e. The molecule has 4 heteroatoms. The Hall–Kier alpha value is -1.35. The van der Waals surface area contributed by atoms with E-state index in [0.717, 1.165) is 12.1 Å². The average Bonchev–Trinajstić information content (AvgIpc) is 2.65. The number of nitrogens with zero attached hydrogens (tertiary/aromatic N) is 1. The van der Waals surface area contributed by atoms with Crippen LogP contribution >= 0.6 is 11.6 Å². The lowest BCUT2D eigenvalue weighted by Crippen LogP contribution is -2.13. The Balaban J connectivity index is 2.09. The molecule has 0 aliphatic carbocycles. The molecule has 0 atom stereocenters. The van der Waals surface area contributed by atoms with Gasteiger partial charge in [-0.05, 0) is 29.0 Å². The Morgan fingerprint density at radius 3 is 2.69 bits per heavy atom. The summed E-state index contributed by atoms with van der Waals surface area (Å²) < 4.78 is 1.69. The Kier molecular flexibility index (Phi) is 3.25. The minimum atomic E-state index is 0.101. The molecule has 0 aromatic heterocycles. The van der Waals surface area contributed by atoms with Crippen LogP contribution < -0.4 is 0 Å². The van der Waals surface area contributed by atoms with Gasteiger partial charge in [0.05, 0.1) is 12.8 Å². The number of carbonyl (C=O) groups is 1. The molecular formula is C12H13ClNO2+. The van der Waals surface area contributed by atoms with Crippen molar-refractivity contribution < 1.29 is 14.4 Å². The zero-order chi connectivity index (χ0) is 11.5. The van der Waals surface area contributed by atoms with E-state index in [0.29, 0.717) is 23.6 Å². The van der Waals surface area contributed by atoms with Gasteiger partial charge in [0.25, 0.3) is 0 Å². The number of benzene rings is 1. The molecule has 0 radical (unpaired) electrons. The lowest BCUT2D eigenvalue weighted by molar-refractivity contribution is -0.758. The molecule has 1 heterocycles. The molecule has 0 N–H and O–H groups in total. The first-order valence-electron chi connectivity index (χ1n) is 5.17. The van der Waals surface area contributed by atoms with Crippen LogP contribution in [0.25, 0.3) is 0 Å². The van der Waals surface area contributed by atoms with Crippen LogP contribution in [0, 0.1) is 0 Å². The van der Waals surface area contributed by atoms with Gasteiger partial charge in [-0.25, -0.2) is 0 Å². The Morgan fingerprint density at radius 1 is 1.44 bits per heavy atom. The van der Waals surface area contributed by atoms with Crippen molar-refractivity contribution in [1.82, 2.24) is 0 Å². The van der Waals surface area contributed by atoms with Gasteiger partial charge in [-0.15, -0.1) is 0 Å². The average molecular weight is 239 g/mol. The molecule has 0 unspecified atom stereocenters. The van der Waals surface area contributed by atoms with E-state index < -0.39 is 0 Å². The highest BCUT2D eigenvalue weighted by molar-refractivity contribution is 6.30. The number of halogens is 1. The van der Waals surface area contributed by atoms with Crippen molar-refractivity contribution >= 4 is 23.1 Å². The number of ketones is 1. The van der Waals surface area contributed by atoms with Gasteiger partial charge in [-0.3, -0.25) is 9.63 Å². The number of hydroxylamine groups is 1. The van der Waals surface area contributed by atoms with Gasteiger partial charge in [0, 0.05) is 10.6 Å². The zero-order valence-electron chi connectivity index (χ0n) is 9.07. The Labute approximate surface area is 99.3 Å². The molecule has 0 saturated carbocycles. The SMILES string of the molecule is C[N+]1=C(CC(=O)c2ccc(Cl)cc2)CCO1. The lowest BCUT2D eigenvalue weighted by Gasteiger charge is -1.98. The topological polar surface area (TPSA) is 29.3 Å². The first-order valence-corrected chi connectivity index (χ1v) is 5.55. The third kappa shape index (κ3) is 2.42. The van der Waals surface area contributed by atoms with E-state index in [1.54, 1.807) is 29.0 Å². The van der Waals surface area contributed by atoms with Crippen LogP contribution in [0.4, 0.5) is 0 Å². The fourth-order valence-corrected chi connectivity index (χ4v) is 1.80. The molecule has 0 saturated heterocycles. The number of Topliss-reactive ketones (excluding diaryl/α,β-unsaturated/α-hetero) is 1. The molecular weight excluding hydrogens is 226 g/mol. The molecule has 1 aliphatic rings. The largest absolute Gasteiger partial charge is 0.294 e. The summed E-state index contributed by atoms with van der Waals surface area (Å²) in [5, 5.41) is 0.644. The first-order chi connectivity index (χ1) is 7.66. The summed E-state index contributed by atoms with van der Waals surface area (Å²) in [7, 11) is 1.83. The van der Waals surface area contributed by atoms with E-state index in [1.807, 2.05) is 7.05 Å². The van der Waals surface area contributed by atoms with Gasteiger partial charge >= 0.3 is 0 Å². The summed E-state index contributed by atoms with van der Waals surface area (Å²) in [4.78, 5) is 17.2. The molecule has 0 amide bonds. The molecule has 1 aromatic rings. The van der Waals surface area contributed by atoms with Crippen molar-refractivity contribution in [3.05, 3.63) is 34.9 Å². The van der Waals surface area contributed by atoms with E-state index in [-0.39, 0.29) is 5.78 Å². The van der Waals surface area contributed by atoms with Crippen LogP contribution in [0.2, 0.25) is 5.02 Å². The number of hydrogen-bond acceptors (Lipinski definition) is 2. The van der Waals surface area contributed by atoms with E-state index >= 15 is 0 Å². The maximum atomic E-state index is 11.9. The minimum Gasteiger partial charge on any atom is -0.294 e. The highest BCUT2D eigenvalue weighted by atomic mass is 35.5. The van der Waals surface area contributed by atoms with Gasteiger partial charge in [0.15, 0.2) is 19.4 Å². The smallest absolute Gasteiger partial charge is 0.215 e. The fraction of sp³-hybridized carbons (Fsp3) is 0.333. The summed E-state index contributed by atoms with van der Waals surface area (Å²) in [6, 6.07) is 6.96. The predicted octanol–water partition coefficient (Wildman–Crippen LogP) is 2.33. The number of carbonyl (C=O) groups excluding carboxylic acids is 1. The standard InChI is InChI=1S/C12H13ClNO2/c1-14-11(6-7-16-14)8-12(15)9-2-4-10(13)5-3-9/h2-5H,6-8H2,1H3/q+1. The van der Waals surface area contributed by atoms with Gasteiger partial charge in [0.1, 0.15) is 0 Å². The van der Waals surface area contributed by atoms with Crippen LogP contribution in [0.3, 0.4) is 0 Å². The normalized spacial score (nSPS) is 15.1. The van der Waals surface area contributed by atoms with Gasteiger partial charge < -0.3 is 0 Å². The highest BCUT2D eigenvalue weighted by Gasteiger charge is 2.24. The second kappa shape index (κ2) is 4.66. The maximum absolute atomic E-state index is 11.9. The summed E-state index contributed by atoms with van der Waals surface area (Å²) in [6.07, 6.45) is 1.24. The van der Waals surface area contributed by atoms with Gasteiger partial charge in [0.2, 0.25) is 5.71 Å². The number of hydrogen-bond donors (Lipinski definition) is 0. The van der Waals surface area contributed by atoms with Crippen molar-refractivity contribution in [3.63, 3.8) is 0 Å². The van der Waals surface area contributed by atoms with Gasteiger partial charge in [-0.2, -0.15) is 0 Å². The molecule has 0 bridgehead atoms. The van der Waals surface area contributed by atoms with Crippen molar-refractivity contribution in [2.24, 2.45) is 0 Å². The first kappa shape index (κ1) is 11.1. The van der Waals surface area contributed by atoms with Crippen LogP contribution in [-0.4, -0.2) is 29.9 Å². The van der Waals surface area contributed by atoms with Gasteiger partial charge in [-0.1, -0.05) is 11.6 Å². The summed E-state index contributed by atoms with van der Waals surface area (Å²) >= 11 is 5.77. The lowest BCUT2D eigenvalue weighted by atomic mass is 10.0. The Morgan fingerprint density at radius 2 is 2.12 bits per heavy atom. The van der Waals surface area contributed by atoms with Crippen LogP contribution in [0.5, 0.6) is 0 Å². The minimum absolute atomic E-state index is 0.101. The van der Waals surface area contributed by atoms with Crippen LogP contribution in [0.15, 0.2) is 24.3 Å². The second-order valence-corrected chi connectivity index (χ2v) is 4.19. The molecule has 3 nitrogen and oxygen atoms in total. The summed E-state index contributed by atoms with van der Waals surface area (Å²) in [6.45, 7) is 0.666. The summed E-state index contributed by atoms with van der Waals surface area (Å²) in [5.41, 5.74) is 1.72. The number of rotatable bonds is 3. The van der Waals surface area contributed by atoms with Crippen molar-refractivity contribution in [1.29, 1.82) is 0 Å². The molecule has 0 spiro atoms. The second-order valence-electron chi connectivity index (χ2n) is 3.75. The molecule has 1 aromatic carbocycles. The van der Waals surface area contributed by atoms with E-state index in [4.69, 9.17) is 16.4 Å². The third-order valence-corrected chi connectivity index (χ3v) is 2.90. The van der Waals surface area contributed by atoms with E-state index in [9.17, 15) is 4.79 Å². The van der Waals surface area contributed by atoms with Crippen molar-refractivity contribution in [3.8, 4) is 0 Å². The molecule has 1 aliphatic heterocycles.